The van der Waals surface area contributed by atoms with Crippen molar-refractivity contribution in [1.82, 2.24) is 5.32 Å². The van der Waals surface area contributed by atoms with Crippen molar-refractivity contribution < 1.29 is 0 Å². The monoisotopic (exact) mass is 219 g/mol. The second-order valence-corrected chi connectivity index (χ2v) is 4.96. The van der Waals surface area contributed by atoms with E-state index < -0.39 is 0 Å². The molecule has 0 fully saturated rings. The second-order valence-electron chi connectivity index (χ2n) is 4.96. The smallest absolute Gasteiger partial charge is 0.0319 e. The summed E-state index contributed by atoms with van der Waals surface area (Å²) in [4.78, 5) is 0. The highest BCUT2D eigenvalue weighted by molar-refractivity contribution is 5.25. The zero-order chi connectivity index (χ0) is 12.0. The molecule has 1 aromatic rings. The van der Waals surface area contributed by atoms with Gasteiger partial charge in [0, 0.05) is 6.04 Å². The molecule has 0 amide bonds. The largest absolute Gasteiger partial charge is 0.313 e. The highest BCUT2D eigenvalue weighted by Gasteiger charge is 2.10. The molecule has 0 saturated carbocycles. The third kappa shape index (κ3) is 3.97. The van der Waals surface area contributed by atoms with E-state index in [2.05, 4.69) is 50.4 Å². The Kier molecular flexibility index (Phi) is 5.54. The van der Waals surface area contributed by atoms with Crippen LogP contribution in [-0.2, 0) is 6.42 Å². The molecule has 0 bridgehead atoms. The van der Waals surface area contributed by atoms with Crippen molar-refractivity contribution in [2.45, 2.75) is 46.1 Å². The lowest BCUT2D eigenvalue weighted by Crippen LogP contribution is -2.18. The van der Waals surface area contributed by atoms with Gasteiger partial charge < -0.3 is 5.32 Å². The van der Waals surface area contributed by atoms with E-state index in [0.29, 0.717) is 6.04 Å². The van der Waals surface area contributed by atoms with E-state index in [9.17, 15) is 0 Å². The van der Waals surface area contributed by atoms with E-state index in [1.54, 1.807) is 0 Å². The molecule has 0 aliphatic carbocycles. The van der Waals surface area contributed by atoms with Crippen LogP contribution in [0.5, 0.6) is 0 Å². The Morgan fingerprint density at radius 1 is 1.12 bits per heavy atom. The van der Waals surface area contributed by atoms with Crippen molar-refractivity contribution in [3.8, 4) is 0 Å². The van der Waals surface area contributed by atoms with Gasteiger partial charge in [-0.15, -0.1) is 0 Å². The van der Waals surface area contributed by atoms with Gasteiger partial charge in [-0.3, -0.25) is 0 Å². The molecule has 1 atom stereocenters. The molecular formula is C15H25N. The Morgan fingerprint density at radius 3 is 2.19 bits per heavy atom. The van der Waals surface area contributed by atoms with Crippen molar-refractivity contribution >= 4 is 0 Å². The first-order chi connectivity index (χ1) is 7.67. The average Bonchev–Trinajstić information content (AvgIpc) is 2.27. The summed E-state index contributed by atoms with van der Waals surface area (Å²) in [5, 5.41) is 3.40. The van der Waals surface area contributed by atoms with Crippen LogP contribution in [0, 0.1) is 5.92 Å². The maximum absolute atomic E-state index is 3.40. The van der Waals surface area contributed by atoms with E-state index in [1.165, 1.54) is 30.4 Å². The first-order valence-corrected chi connectivity index (χ1v) is 6.43. The summed E-state index contributed by atoms with van der Waals surface area (Å²) in [5.41, 5.74) is 2.86. The lowest BCUT2D eigenvalue weighted by Gasteiger charge is -2.19. The first-order valence-electron chi connectivity index (χ1n) is 6.43. The maximum Gasteiger partial charge on any atom is 0.0319 e. The van der Waals surface area contributed by atoms with Crippen molar-refractivity contribution in [2.24, 2.45) is 5.92 Å². The molecule has 1 rings (SSSR count). The molecule has 0 saturated heterocycles. The quantitative estimate of drug-likeness (QED) is 0.764. The molecule has 90 valence electrons. The fraction of sp³-hybridized carbons (Fsp3) is 0.600. The van der Waals surface area contributed by atoms with Crippen LogP contribution in [0.25, 0.3) is 0 Å². The number of benzene rings is 1. The zero-order valence-corrected chi connectivity index (χ0v) is 11.1. The molecular weight excluding hydrogens is 194 g/mol. The summed E-state index contributed by atoms with van der Waals surface area (Å²) in [7, 11) is 2.05. The predicted molar refractivity (Wildman–Crippen MR) is 71.7 cm³/mol. The summed E-state index contributed by atoms with van der Waals surface area (Å²) >= 11 is 0. The first kappa shape index (κ1) is 13.2. The molecule has 1 nitrogen and oxygen atoms in total. The summed E-state index contributed by atoms with van der Waals surface area (Å²) in [6, 6.07) is 9.58. The van der Waals surface area contributed by atoms with Crippen LogP contribution in [0.2, 0.25) is 0 Å². The Bertz CT molecular complexity index is 287. The van der Waals surface area contributed by atoms with Gasteiger partial charge in [0.05, 0.1) is 0 Å². The van der Waals surface area contributed by atoms with E-state index >= 15 is 0 Å². The topological polar surface area (TPSA) is 12.0 Å². The Labute approximate surface area is 100 Å². The summed E-state index contributed by atoms with van der Waals surface area (Å²) in [6.45, 7) is 6.77. The van der Waals surface area contributed by atoms with Crippen molar-refractivity contribution in [1.29, 1.82) is 0 Å². The number of hydrogen-bond donors (Lipinski definition) is 1. The van der Waals surface area contributed by atoms with Crippen LogP contribution in [0.3, 0.4) is 0 Å². The number of rotatable bonds is 6. The predicted octanol–water partition coefficient (Wildman–Crippen LogP) is 3.95. The molecule has 1 unspecified atom stereocenters. The fourth-order valence-electron chi connectivity index (χ4n) is 2.10. The van der Waals surface area contributed by atoms with Crippen LogP contribution < -0.4 is 5.32 Å². The van der Waals surface area contributed by atoms with Crippen molar-refractivity contribution in [3.63, 3.8) is 0 Å². The number of aryl methyl sites for hydroxylation is 1. The minimum Gasteiger partial charge on any atom is -0.313 e. The molecule has 0 aliphatic heterocycles. The molecule has 0 radical (unpaired) electrons. The fourth-order valence-corrected chi connectivity index (χ4v) is 2.10. The van der Waals surface area contributed by atoms with Crippen LogP contribution in [0.1, 0.15) is 50.8 Å². The number of hydrogen-bond acceptors (Lipinski definition) is 1. The highest BCUT2D eigenvalue weighted by Crippen LogP contribution is 2.21. The van der Waals surface area contributed by atoms with Gasteiger partial charge in [0.2, 0.25) is 0 Å². The van der Waals surface area contributed by atoms with Crippen molar-refractivity contribution in [2.75, 3.05) is 7.05 Å². The van der Waals surface area contributed by atoms with Gasteiger partial charge in [0.25, 0.3) is 0 Å². The molecule has 1 N–H and O–H groups in total. The molecule has 0 spiro atoms. The molecule has 1 heteroatoms. The van der Waals surface area contributed by atoms with Crippen LogP contribution in [0.4, 0.5) is 0 Å². The van der Waals surface area contributed by atoms with Gasteiger partial charge in [-0.2, -0.15) is 0 Å². The van der Waals surface area contributed by atoms with Gasteiger partial charge in [0.15, 0.2) is 0 Å². The van der Waals surface area contributed by atoms with Gasteiger partial charge in [0.1, 0.15) is 0 Å². The van der Waals surface area contributed by atoms with E-state index in [0.717, 1.165) is 5.92 Å². The maximum atomic E-state index is 3.40. The van der Waals surface area contributed by atoms with Crippen LogP contribution in [-0.4, -0.2) is 7.05 Å². The lowest BCUT2D eigenvalue weighted by molar-refractivity contribution is 0.456. The van der Waals surface area contributed by atoms with Gasteiger partial charge in [-0.05, 0) is 36.9 Å². The molecule has 0 aliphatic rings. The third-order valence-electron chi connectivity index (χ3n) is 2.98. The molecule has 1 aromatic carbocycles. The van der Waals surface area contributed by atoms with Gasteiger partial charge in [-0.25, -0.2) is 0 Å². The Balaban J connectivity index is 2.70. The second kappa shape index (κ2) is 6.70. The summed E-state index contributed by atoms with van der Waals surface area (Å²) < 4.78 is 0. The van der Waals surface area contributed by atoms with Gasteiger partial charge in [-0.1, -0.05) is 51.5 Å². The van der Waals surface area contributed by atoms with Crippen LogP contribution in [0.15, 0.2) is 24.3 Å². The number of nitrogens with one attached hydrogen (secondary N) is 1. The summed E-state index contributed by atoms with van der Waals surface area (Å²) in [6.07, 6.45) is 3.61. The Morgan fingerprint density at radius 2 is 1.75 bits per heavy atom. The minimum absolute atomic E-state index is 0.496. The Hall–Kier alpha value is -0.820. The van der Waals surface area contributed by atoms with Crippen LogP contribution >= 0.6 is 0 Å². The minimum atomic E-state index is 0.496. The highest BCUT2D eigenvalue weighted by atomic mass is 14.9. The summed E-state index contributed by atoms with van der Waals surface area (Å²) in [5.74, 6) is 0.729. The normalized spacial score (nSPS) is 13.1. The van der Waals surface area contributed by atoms with Gasteiger partial charge >= 0.3 is 0 Å². The lowest BCUT2D eigenvalue weighted by atomic mass is 9.96. The SMILES string of the molecule is CCCc1ccc(C(CC(C)C)NC)cc1. The zero-order valence-electron chi connectivity index (χ0n) is 11.1. The molecule has 0 heterocycles. The van der Waals surface area contributed by atoms with E-state index in [-0.39, 0.29) is 0 Å². The third-order valence-corrected chi connectivity index (χ3v) is 2.98. The van der Waals surface area contributed by atoms with Crippen molar-refractivity contribution in [3.05, 3.63) is 35.4 Å². The standard InChI is InChI=1S/C15H25N/c1-5-6-13-7-9-14(10-8-13)15(16-4)11-12(2)3/h7-10,12,15-16H,5-6,11H2,1-4H3. The van der Waals surface area contributed by atoms with E-state index in [4.69, 9.17) is 0 Å². The molecule has 16 heavy (non-hydrogen) atoms. The van der Waals surface area contributed by atoms with E-state index in [1.807, 2.05) is 7.05 Å². The molecule has 0 aromatic heterocycles. The average molecular weight is 219 g/mol.